The number of nitrogens with one attached hydrogen (secondary N) is 2. The molecule has 1 atom stereocenters. The van der Waals surface area contributed by atoms with Gasteiger partial charge in [-0.1, -0.05) is 54.1 Å². The number of oxazole rings is 1. The second-order valence-corrected chi connectivity index (χ2v) is 8.02. The van der Waals surface area contributed by atoms with Crippen LogP contribution >= 0.6 is 11.6 Å². The van der Waals surface area contributed by atoms with Gasteiger partial charge in [-0.2, -0.15) is 0 Å². The number of aromatic nitrogens is 1. The molecule has 0 aliphatic heterocycles. The van der Waals surface area contributed by atoms with Crippen LogP contribution in [0.25, 0.3) is 11.1 Å². The molecule has 0 saturated heterocycles. The fourth-order valence-corrected chi connectivity index (χ4v) is 3.73. The molecular weight excluding hydrogens is 442 g/mol. The topological polar surface area (TPSA) is 93.3 Å². The van der Waals surface area contributed by atoms with Gasteiger partial charge in [0.15, 0.2) is 5.58 Å². The van der Waals surface area contributed by atoms with Gasteiger partial charge in [0.2, 0.25) is 5.91 Å². The maximum absolute atomic E-state index is 12.9. The molecule has 8 heteroatoms. The molecule has 0 radical (unpaired) electrons. The lowest BCUT2D eigenvalue weighted by Gasteiger charge is -2.16. The van der Waals surface area contributed by atoms with Crippen molar-refractivity contribution < 1.29 is 14.0 Å². The second kappa shape index (κ2) is 9.75. The summed E-state index contributed by atoms with van der Waals surface area (Å²) in [5.74, 6) is -1.19. The number of aryl methyl sites for hydroxylation is 1. The van der Waals surface area contributed by atoms with Crippen LogP contribution in [0.15, 0.2) is 82.0 Å². The first kappa shape index (κ1) is 22.4. The Kier molecular flexibility index (Phi) is 6.60. The quantitative estimate of drug-likeness (QED) is 0.413. The lowest BCUT2D eigenvalue weighted by molar-refractivity contribution is -0.116. The average molecular weight is 464 g/mol. The zero-order valence-corrected chi connectivity index (χ0v) is 18.6. The van der Waals surface area contributed by atoms with Gasteiger partial charge in [0, 0.05) is 24.1 Å². The predicted octanol–water partition coefficient (Wildman–Crippen LogP) is 4.77. The van der Waals surface area contributed by atoms with Gasteiger partial charge >= 0.3 is 5.76 Å². The molecule has 168 valence electrons. The van der Waals surface area contributed by atoms with E-state index in [-0.39, 0.29) is 30.8 Å². The van der Waals surface area contributed by atoms with Crippen molar-refractivity contribution in [1.82, 2.24) is 9.88 Å². The van der Waals surface area contributed by atoms with Crippen molar-refractivity contribution in [1.29, 1.82) is 0 Å². The monoisotopic (exact) mass is 463 g/mol. The molecule has 33 heavy (non-hydrogen) atoms. The third-order valence-electron chi connectivity index (χ3n) is 5.29. The smallest absolute Gasteiger partial charge is 0.408 e. The highest BCUT2D eigenvalue weighted by molar-refractivity contribution is 6.31. The number of rotatable bonds is 7. The summed E-state index contributed by atoms with van der Waals surface area (Å²) in [6, 6.07) is 21.1. The molecule has 0 saturated carbocycles. The average Bonchev–Trinajstić information content (AvgIpc) is 3.12. The maximum Gasteiger partial charge on any atom is 0.419 e. The number of anilines is 1. The Labute approximate surface area is 195 Å². The molecule has 0 aliphatic carbocycles. The minimum Gasteiger partial charge on any atom is -0.408 e. The summed E-state index contributed by atoms with van der Waals surface area (Å²) in [7, 11) is 0. The summed E-state index contributed by atoms with van der Waals surface area (Å²) in [4.78, 5) is 37.6. The van der Waals surface area contributed by atoms with E-state index in [0.717, 1.165) is 5.56 Å². The van der Waals surface area contributed by atoms with Gasteiger partial charge in [0.05, 0.1) is 22.8 Å². The summed E-state index contributed by atoms with van der Waals surface area (Å²) in [5.41, 5.74) is 2.66. The van der Waals surface area contributed by atoms with Crippen molar-refractivity contribution in [2.75, 3.05) is 5.32 Å². The highest BCUT2D eigenvalue weighted by Crippen LogP contribution is 2.20. The summed E-state index contributed by atoms with van der Waals surface area (Å²) in [6.45, 7) is 2.02. The highest BCUT2D eigenvalue weighted by atomic mass is 35.5. The largest absolute Gasteiger partial charge is 0.419 e. The van der Waals surface area contributed by atoms with E-state index in [1.165, 1.54) is 4.57 Å². The van der Waals surface area contributed by atoms with Gasteiger partial charge in [-0.25, -0.2) is 4.79 Å². The molecule has 1 heterocycles. The van der Waals surface area contributed by atoms with Crippen molar-refractivity contribution >= 4 is 40.2 Å². The van der Waals surface area contributed by atoms with Gasteiger partial charge in [0.1, 0.15) is 0 Å². The molecule has 4 rings (SSSR count). The number of amides is 2. The molecule has 3 aromatic carbocycles. The SMILES string of the molecule is CC(NC(=O)c1ccccc1NC(=O)CCn1c(=O)oc2cc(Cl)ccc21)c1ccccc1. The minimum atomic E-state index is -0.560. The third-order valence-corrected chi connectivity index (χ3v) is 5.52. The number of benzene rings is 3. The first-order valence-corrected chi connectivity index (χ1v) is 10.8. The Morgan fingerprint density at radius 3 is 2.55 bits per heavy atom. The molecule has 4 aromatic rings. The van der Waals surface area contributed by atoms with Crippen molar-refractivity contribution in [3.63, 3.8) is 0 Å². The van der Waals surface area contributed by atoms with Crippen molar-refractivity contribution in [3.05, 3.63) is 99.5 Å². The summed E-state index contributed by atoms with van der Waals surface area (Å²) < 4.78 is 6.57. The van der Waals surface area contributed by atoms with Crippen molar-refractivity contribution in [2.24, 2.45) is 0 Å². The molecule has 2 N–H and O–H groups in total. The maximum atomic E-state index is 12.9. The van der Waals surface area contributed by atoms with Gasteiger partial charge in [-0.15, -0.1) is 0 Å². The van der Waals surface area contributed by atoms with Gasteiger partial charge < -0.3 is 15.1 Å². The molecule has 1 unspecified atom stereocenters. The van der Waals surface area contributed by atoms with E-state index in [2.05, 4.69) is 10.6 Å². The van der Waals surface area contributed by atoms with Gasteiger partial charge in [-0.3, -0.25) is 14.2 Å². The number of para-hydroxylation sites is 1. The Balaban J connectivity index is 1.43. The highest BCUT2D eigenvalue weighted by Gasteiger charge is 2.17. The molecule has 0 fully saturated rings. The van der Waals surface area contributed by atoms with E-state index in [1.54, 1.807) is 42.5 Å². The Bertz CT molecular complexity index is 1360. The number of carbonyl (C=O) groups excluding carboxylic acids is 2. The van der Waals surface area contributed by atoms with E-state index >= 15 is 0 Å². The van der Waals surface area contributed by atoms with Crippen LogP contribution in [-0.2, 0) is 11.3 Å². The van der Waals surface area contributed by atoms with E-state index < -0.39 is 5.76 Å². The van der Waals surface area contributed by atoms with Crippen LogP contribution in [0, 0.1) is 0 Å². The van der Waals surface area contributed by atoms with Crippen LogP contribution in [0.4, 0.5) is 5.69 Å². The number of halogens is 1. The number of nitrogens with zero attached hydrogens (tertiary/aromatic N) is 1. The molecule has 7 nitrogen and oxygen atoms in total. The Morgan fingerprint density at radius 2 is 1.76 bits per heavy atom. The standard InChI is InChI=1S/C25H22ClN3O4/c1-16(17-7-3-2-4-8-17)27-24(31)19-9-5-6-10-20(19)28-23(30)13-14-29-21-12-11-18(26)15-22(21)33-25(29)32/h2-12,15-16H,13-14H2,1H3,(H,27,31)(H,28,30). The number of fused-ring (bicyclic) bond motifs is 1. The number of carbonyl (C=O) groups is 2. The normalized spacial score (nSPS) is 11.8. The molecule has 2 amide bonds. The first-order valence-electron chi connectivity index (χ1n) is 10.5. The van der Waals surface area contributed by atoms with Crippen LogP contribution in [0.5, 0.6) is 0 Å². The fourth-order valence-electron chi connectivity index (χ4n) is 3.57. The van der Waals surface area contributed by atoms with Crippen LogP contribution in [0.1, 0.15) is 35.3 Å². The van der Waals surface area contributed by atoms with Crippen LogP contribution in [0.3, 0.4) is 0 Å². The Hall–Kier alpha value is -3.84. The van der Waals surface area contributed by atoms with Crippen LogP contribution < -0.4 is 16.4 Å². The van der Waals surface area contributed by atoms with Crippen molar-refractivity contribution in [3.8, 4) is 0 Å². The lowest BCUT2D eigenvalue weighted by Crippen LogP contribution is -2.28. The zero-order chi connectivity index (χ0) is 23.4. The Morgan fingerprint density at radius 1 is 1.03 bits per heavy atom. The van der Waals surface area contributed by atoms with E-state index in [4.69, 9.17) is 16.0 Å². The van der Waals surface area contributed by atoms with E-state index in [9.17, 15) is 14.4 Å². The molecule has 0 aliphatic rings. The summed E-state index contributed by atoms with van der Waals surface area (Å²) in [5, 5.41) is 6.19. The summed E-state index contributed by atoms with van der Waals surface area (Å²) >= 11 is 5.94. The predicted molar refractivity (Wildman–Crippen MR) is 127 cm³/mol. The van der Waals surface area contributed by atoms with Gasteiger partial charge in [-0.05, 0) is 36.8 Å². The molecule has 0 bridgehead atoms. The van der Waals surface area contributed by atoms with Crippen LogP contribution in [0.2, 0.25) is 5.02 Å². The van der Waals surface area contributed by atoms with Crippen LogP contribution in [-0.4, -0.2) is 16.4 Å². The first-order chi connectivity index (χ1) is 15.9. The lowest BCUT2D eigenvalue weighted by atomic mass is 10.1. The zero-order valence-electron chi connectivity index (χ0n) is 17.9. The van der Waals surface area contributed by atoms with Gasteiger partial charge in [0.25, 0.3) is 5.91 Å². The molecular formula is C25H22ClN3O4. The minimum absolute atomic E-state index is 0.0214. The third kappa shape index (κ3) is 5.15. The summed E-state index contributed by atoms with van der Waals surface area (Å²) in [6.07, 6.45) is 0.0214. The van der Waals surface area contributed by atoms with Crippen molar-refractivity contribution in [2.45, 2.75) is 25.9 Å². The number of hydrogen-bond donors (Lipinski definition) is 2. The fraction of sp³-hybridized carbons (Fsp3) is 0.160. The van der Waals surface area contributed by atoms with E-state index in [1.807, 2.05) is 37.3 Å². The number of hydrogen-bond acceptors (Lipinski definition) is 4. The molecule has 0 spiro atoms. The molecule has 1 aromatic heterocycles. The second-order valence-electron chi connectivity index (χ2n) is 7.58. The van der Waals surface area contributed by atoms with E-state index in [0.29, 0.717) is 27.4 Å².